The minimum Gasteiger partial charge on any atom is -0.489 e. The number of benzene rings is 1. The SMILES string of the molecule is CCn1c(O)c([N+]#N)c2ccccc21. The minimum atomic E-state index is 0.0104. The maximum atomic E-state index is 9.72. The van der Waals surface area contributed by atoms with Crippen LogP contribution in [0.3, 0.4) is 0 Å². The summed E-state index contributed by atoms with van der Waals surface area (Å²) in [6.07, 6.45) is 0. The predicted molar refractivity (Wildman–Crippen MR) is 54.0 cm³/mol. The van der Waals surface area contributed by atoms with Crippen molar-refractivity contribution in [3.05, 3.63) is 29.2 Å². The van der Waals surface area contributed by atoms with Crippen LogP contribution in [-0.4, -0.2) is 9.67 Å². The van der Waals surface area contributed by atoms with Gasteiger partial charge < -0.3 is 9.67 Å². The van der Waals surface area contributed by atoms with Crippen LogP contribution in [0.4, 0.5) is 5.69 Å². The summed E-state index contributed by atoms with van der Waals surface area (Å²) in [7, 11) is 0. The van der Waals surface area contributed by atoms with Gasteiger partial charge in [-0.15, -0.1) is 0 Å². The number of para-hydroxylation sites is 1. The molecule has 0 unspecified atom stereocenters. The van der Waals surface area contributed by atoms with Crippen molar-refractivity contribution in [3.8, 4) is 5.88 Å². The summed E-state index contributed by atoms with van der Waals surface area (Å²) in [5, 5.41) is 19.3. The molecule has 0 aliphatic rings. The first kappa shape index (κ1) is 8.57. The van der Waals surface area contributed by atoms with E-state index in [0.29, 0.717) is 6.54 Å². The Balaban J connectivity index is 2.94. The number of hydrogen-bond donors (Lipinski definition) is 1. The first-order chi connectivity index (χ1) is 6.79. The van der Waals surface area contributed by atoms with Crippen molar-refractivity contribution in [2.45, 2.75) is 13.5 Å². The van der Waals surface area contributed by atoms with Crippen LogP contribution < -0.4 is 0 Å². The lowest BCUT2D eigenvalue weighted by atomic mass is 10.2. The highest BCUT2D eigenvalue weighted by Gasteiger charge is 2.25. The van der Waals surface area contributed by atoms with Crippen LogP contribution in [0.2, 0.25) is 0 Å². The first-order valence-corrected chi connectivity index (χ1v) is 4.45. The molecular formula is C10H10N3O+. The second-order valence-electron chi connectivity index (χ2n) is 3.03. The second kappa shape index (κ2) is 3.04. The van der Waals surface area contributed by atoms with E-state index < -0.39 is 0 Å². The highest BCUT2D eigenvalue weighted by molar-refractivity contribution is 5.96. The molecule has 0 aliphatic carbocycles. The molecule has 0 aliphatic heterocycles. The van der Waals surface area contributed by atoms with Crippen LogP contribution in [0.15, 0.2) is 24.3 Å². The molecule has 1 aromatic heterocycles. The lowest BCUT2D eigenvalue weighted by molar-refractivity contribution is 0.428. The van der Waals surface area contributed by atoms with Crippen molar-refractivity contribution in [2.75, 3.05) is 0 Å². The Kier molecular flexibility index (Phi) is 1.86. The highest BCUT2D eigenvalue weighted by Crippen LogP contribution is 2.38. The zero-order valence-electron chi connectivity index (χ0n) is 7.81. The van der Waals surface area contributed by atoms with Crippen LogP contribution >= 0.6 is 0 Å². The van der Waals surface area contributed by atoms with Gasteiger partial charge in [0.2, 0.25) is 5.39 Å². The van der Waals surface area contributed by atoms with E-state index >= 15 is 0 Å². The third-order valence-electron chi connectivity index (χ3n) is 2.33. The Bertz CT molecular complexity index is 522. The fourth-order valence-corrected chi connectivity index (χ4v) is 1.69. The fraction of sp³-hybridized carbons (Fsp3) is 0.200. The molecule has 14 heavy (non-hydrogen) atoms. The normalized spacial score (nSPS) is 10.3. The number of aryl methyl sites for hydroxylation is 1. The van der Waals surface area contributed by atoms with Crippen LogP contribution in [0.5, 0.6) is 5.88 Å². The summed E-state index contributed by atoms with van der Waals surface area (Å²) in [4.78, 5) is 3.10. The van der Waals surface area contributed by atoms with E-state index in [1.165, 1.54) is 0 Å². The molecule has 0 saturated carbocycles. The quantitative estimate of drug-likeness (QED) is 0.699. The van der Waals surface area contributed by atoms with Crippen LogP contribution in [0.25, 0.3) is 15.9 Å². The third-order valence-corrected chi connectivity index (χ3v) is 2.33. The molecule has 2 aromatic rings. The first-order valence-electron chi connectivity index (χ1n) is 4.45. The number of aromatic hydroxyl groups is 1. The van der Waals surface area contributed by atoms with Crippen molar-refractivity contribution in [2.24, 2.45) is 0 Å². The average molecular weight is 188 g/mol. The molecule has 0 amide bonds. The fourth-order valence-electron chi connectivity index (χ4n) is 1.69. The standard InChI is InChI=1S/C10H9N3O/c1-2-13-8-6-4-3-5-7(8)9(12-11)10(13)14/h3-6H,2H2,1H3/p+1. The molecule has 0 spiro atoms. The van der Waals surface area contributed by atoms with Crippen molar-refractivity contribution in [1.29, 1.82) is 5.39 Å². The molecule has 2 rings (SSSR count). The van der Waals surface area contributed by atoms with Gasteiger partial charge >= 0.3 is 5.69 Å². The second-order valence-corrected chi connectivity index (χ2v) is 3.03. The van der Waals surface area contributed by atoms with Gasteiger partial charge in [0.25, 0.3) is 5.88 Å². The number of diazo groups is 1. The summed E-state index contributed by atoms with van der Waals surface area (Å²) in [6.45, 7) is 2.56. The molecule has 0 radical (unpaired) electrons. The van der Waals surface area contributed by atoms with Crippen molar-refractivity contribution in [3.63, 3.8) is 0 Å². The molecule has 0 saturated heterocycles. The van der Waals surface area contributed by atoms with Crippen LogP contribution in [0.1, 0.15) is 6.92 Å². The molecule has 0 bridgehead atoms. The number of rotatable bonds is 1. The maximum Gasteiger partial charge on any atom is 0.453 e. The zero-order valence-corrected chi connectivity index (χ0v) is 7.81. The Labute approximate surface area is 81.0 Å². The predicted octanol–water partition coefficient (Wildman–Crippen LogP) is 2.85. The van der Waals surface area contributed by atoms with Crippen molar-refractivity contribution in [1.82, 2.24) is 4.57 Å². The molecule has 4 nitrogen and oxygen atoms in total. The Hall–Kier alpha value is -2.02. The van der Waals surface area contributed by atoms with E-state index in [0.717, 1.165) is 10.9 Å². The van der Waals surface area contributed by atoms with E-state index in [2.05, 4.69) is 4.98 Å². The van der Waals surface area contributed by atoms with Gasteiger partial charge in [0, 0.05) is 6.54 Å². The lowest BCUT2D eigenvalue weighted by Crippen LogP contribution is -1.91. The number of nitrogens with zero attached hydrogens (tertiary/aromatic N) is 3. The number of hydrogen-bond acceptors (Lipinski definition) is 2. The van der Waals surface area contributed by atoms with Gasteiger partial charge in [-0.25, -0.2) is 0 Å². The van der Waals surface area contributed by atoms with Crippen LogP contribution in [-0.2, 0) is 6.54 Å². The summed E-state index contributed by atoms with van der Waals surface area (Å²) in [5.41, 5.74) is 1.11. The molecule has 1 heterocycles. The molecule has 1 N–H and O–H groups in total. The van der Waals surface area contributed by atoms with Gasteiger partial charge in [0.15, 0.2) is 4.98 Å². The summed E-state index contributed by atoms with van der Waals surface area (Å²) in [5.74, 6) is 0.0104. The van der Waals surface area contributed by atoms with Gasteiger partial charge in [-0.05, 0) is 19.1 Å². The van der Waals surface area contributed by atoms with Gasteiger partial charge in [-0.3, -0.25) is 0 Å². The Morgan fingerprint density at radius 3 is 2.79 bits per heavy atom. The van der Waals surface area contributed by atoms with Gasteiger partial charge in [-0.1, -0.05) is 12.1 Å². The Morgan fingerprint density at radius 1 is 1.43 bits per heavy atom. The average Bonchev–Trinajstić information content (AvgIpc) is 2.49. The lowest BCUT2D eigenvalue weighted by Gasteiger charge is -1.98. The molecule has 1 aromatic carbocycles. The topological polar surface area (TPSA) is 53.3 Å². The monoisotopic (exact) mass is 188 g/mol. The molecular weight excluding hydrogens is 178 g/mol. The van der Waals surface area contributed by atoms with Crippen molar-refractivity contribution < 1.29 is 5.11 Å². The molecule has 0 fully saturated rings. The summed E-state index contributed by atoms with van der Waals surface area (Å²) < 4.78 is 1.70. The van der Waals surface area contributed by atoms with E-state index in [1.54, 1.807) is 4.57 Å². The van der Waals surface area contributed by atoms with Crippen LogP contribution in [0, 0.1) is 5.39 Å². The molecule has 0 atom stereocenters. The van der Waals surface area contributed by atoms with Gasteiger partial charge in [-0.2, -0.15) is 0 Å². The zero-order chi connectivity index (χ0) is 10.1. The van der Waals surface area contributed by atoms with E-state index in [1.807, 2.05) is 31.2 Å². The minimum absolute atomic E-state index is 0.0104. The third kappa shape index (κ3) is 0.958. The molecule has 4 heteroatoms. The van der Waals surface area contributed by atoms with E-state index in [9.17, 15) is 5.11 Å². The summed E-state index contributed by atoms with van der Waals surface area (Å²) >= 11 is 0. The van der Waals surface area contributed by atoms with E-state index in [-0.39, 0.29) is 11.6 Å². The molecule has 70 valence electrons. The summed E-state index contributed by atoms with van der Waals surface area (Å²) in [6, 6.07) is 7.43. The van der Waals surface area contributed by atoms with Gasteiger partial charge in [0.05, 0.1) is 10.9 Å². The van der Waals surface area contributed by atoms with Gasteiger partial charge in [0.1, 0.15) is 0 Å². The maximum absolute atomic E-state index is 9.72. The highest BCUT2D eigenvalue weighted by atomic mass is 16.3. The number of fused-ring (bicyclic) bond motifs is 1. The number of aromatic nitrogens is 1. The Morgan fingerprint density at radius 2 is 2.14 bits per heavy atom. The largest absolute Gasteiger partial charge is 0.489 e. The van der Waals surface area contributed by atoms with Crippen molar-refractivity contribution >= 4 is 16.6 Å². The smallest absolute Gasteiger partial charge is 0.453 e. The van der Waals surface area contributed by atoms with E-state index in [4.69, 9.17) is 5.39 Å².